The number of nitro groups is 1. The highest BCUT2D eigenvalue weighted by molar-refractivity contribution is 5.85. The molecule has 2 N–H and O–H groups in total. The second-order valence-electron chi connectivity index (χ2n) is 3.34. The summed E-state index contributed by atoms with van der Waals surface area (Å²) in [6.45, 7) is -0.621. The molecule has 0 amide bonds. The molecule has 8 heteroatoms. The Labute approximate surface area is 93.3 Å². The molecular formula is C9H7N3O5. The first-order valence-electron chi connectivity index (χ1n) is 4.58. The summed E-state index contributed by atoms with van der Waals surface area (Å²) in [7, 11) is 0. The number of benzene rings is 1. The monoisotopic (exact) mass is 237 g/mol. The smallest absolute Gasteiger partial charge is 0.327 e. The number of nitrogens with one attached hydrogen (secondary N) is 1. The summed E-state index contributed by atoms with van der Waals surface area (Å²) in [6.07, 6.45) is 0. The van der Waals surface area contributed by atoms with E-state index in [1.165, 1.54) is 18.2 Å². The van der Waals surface area contributed by atoms with E-state index in [9.17, 15) is 19.7 Å². The Bertz CT molecular complexity index is 669. The van der Waals surface area contributed by atoms with Gasteiger partial charge in [-0.2, -0.15) is 0 Å². The van der Waals surface area contributed by atoms with Crippen molar-refractivity contribution in [2.45, 2.75) is 6.54 Å². The molecule has 2 aromatic rings. The lowest BCUT2D eigenvalue weighted by Gasteiger charge is -1.99. The van der Waals surface area contributed by atoms with E-state index in [1.54, 1.807) is 0 Å². The summed E-state index contributed by atoms with van der Waals surface area (Å²) in [4.78, 5) is 34.6. The van der Waals surface area contributed by atoms with Crippen LogP contribution in [0.1, 0.15) is 0 Å². The van der Waals surface area contributed by atoms with E-state index in [2.05, 4.69) is 4.98 Å². The Kier molecular flexibility index (Phi) is 2.39. The van der Waals surface area contributed by atoms with Gasteiger partial charge in [-0.3, -0.25) is 19.5 Å². The number of hydrogen-bond donors (Lipinski definition) is 2. The maximum Gasteiger partial charge on any atom is 0.327 e. The molecule has 1 aromatic carbocycles. The molecule has 1 aromatic heterocycles. The second kappa shape index (κ2) is 3.74. The molecule has 2 rings (SSSR count). The number of carbonyl (C=O) groups is 1. The Balaban J connectivity index is 2.82. The molecule has 0 saturated carbocycles. The first-order chi connectivity index (χ1) is 8.00. The minimum atomic E-state index is -1.24. The number of aromatic nitrogens is 2. The van der Waals surface area contributed by atoms with Crippen LogP contribution >= 0.6 is 0 Å². The number of fused-ring (bicyclic) bond motifs is 1. The molecule has 1 heterocycles. The van der Waals surface area contributed by atoms with E-state index in [0.29, 0.717) is 0 Å². The lowest BCUT2D eigenvalue weighted by Crippen LogP contribution is -2.21. The van der Waals surface area contributed by atoms with E-state index < -0.39 is 23.1 Å². The number of aliphatic carboxylic acids is 1. The van der Waals surface area contributed by atoms with Crippen LogP contribution in [0.15, 0.2) is 23.0 Å². The molecule has 0 radical (unpaired) electrons. The van der Waals surface area contributed by atoms with Gasteiger partial charge in [0.1, 0.15) is 12.1 Å². The van der Waals surface area contributed by atoms with Crippen LogP contribution in [0.4, 0.5) is 5.69 Å². The quantitative estimate of drug-likeness (QED) is 0.588. The topological polar surface area (TPSA) is 118 Å². The highest BCUT2D eigenvalue weighted by Gasteiger charge is 2.19. The van der Waals surface area contributed by atoms with Crippen molar-refractivity contribution in [3.05, 3.63) is 38.8 Å². The standard InChI is InChI=1S/C9H7N3O5/c13-7(14)4-11-8-5(10-9(11)15)2-1-3-6(8)12(16)17/h1-3H,4H2,(H,10,15)(H,13,14). The van der Waals surface area contributed by atoms with Crippen molar-refractivity contribution in [2.24, 2.45) is 0 Å². The number of non-ortho nitro benzene ring substituents is 1. The third kappa shape index (κ3) is 1.75. The number of nitro benzene ring substituents is 1. The molecule has 0 aliphatic carbocycles. The van der Waals surface area contributed by atoms with Gasteiger partial charge < -0.3 is 10.1 Å². The fourth-order valence-corrected chi connectivity index (χ4v) is 1.63. The predicted octanol–water partition coefficient (Wildman–Crippen LogP) is 0.322. The summed E-state index contributed by atoms with van der Waals surface area (Å²) in [5.41, 5.74) is -0.755. The van der Waals surface area contributed by atoms with Crippen LogP contribution in [0.2, 0.25) is 0 Å². The van der Waals surface area contributed by atoms with Crippen molar-refractivity contribution >= 4 is 22.7 Å². The third-order valence-corrected chi connectivity index (χ3v) is 2.26. The van der Waals surface area contributed by atoms with Gasteiger partial charge in [-0.25, -0.2) is 4.79 Å². The molecule has 8 nitrogen and oxygen atoms in total. The van der Waals surface area contributed by atoms with Crippen LogP contribution in [0.5, 0.6) is 0 Å². The van der Waals surface area contributed by atoms with Gasteiger partial charge in [0, 0.05) is 6.07 Å². The minimum absolute atomic E-state index is 0.00935. The zero-order valence-electron chi connectivity index (χ0n) is 8.41. The number of carboxylic acids is 1. The Morgan fingerprint density at radius 2 is 2.24 bits per heavy atom. The van der Waals surface area contributed by atoms with Crippen LogP contribution in [0.25, 0.3) is 11.0 Å². The summed E-state index contributed by atoms with van der Waals surface area (Å²) in [6, 6.07) is 4.11. The number of para-hydroxylation sites is 1. The first kappa shape index (κ1) is 10.9. The minimum Gasteiger partial charge on any atom is -0.480 e. The number of rotatable bonds is 3. The molecule has 0 bridgehead atoms. The summed E-state index contributed by atoms with van der Waals surface area (Å²) in [5, 5.41) is 19.4. The van der Waals surface area contributed by atoms with Gasteiger partial charge in [0.05, 0.1) is 10.4 Å². The van der Waals surface area contributed by atoms with Crippen LogP contribution in [0, 0.1) is 10.1 Å². The normalized spacial score (nSPS) is 10.6. The third-order valence-electron chi connectivity index (χ3n) is 2.26. The molecule has 17 heavy (non-hydrogen) atoms. The van der Waals surface area contributed by atoms with Crippen molar-refractivity contribution in [3.8, 4) is 0 Å². The van der Waals surface area contributed by atoms with E-state index >= 15 is 0 Å². The fraction of sp³-hybridized carbons (Fsp3) is 0.111. The number of hydrogen-bond acceptors (Lipinski definition) is 4. The van der Waals surface area contributed by atoms with Crippen LogP contribution in [-0.2, 0) is 11.3 Å². The number of aromatic amines is 1. The second-order valence-corrected chi connectivity index (χ2v) is 3.34. The molecule has 0 aliphatic heterocycles. The van der Waals surface area contributed by atoms with Gasteiger partial charge in [0.15, 0.2) is 0 Å². The van der Waals surface area contributed by atoms with Gasteiger partial charge >= 0.3 is 11.7 Å². The van der Waals surface area contributed by atoms with Crippen LogP contribution in [-0.4, -0.2) is 25.6 Å². The Morgan fingerprint density at radius 3 is 2.82 bits per heavy atom. The lowest BCUT2D eigenvalue weighted by atomic mass is 10.2. The molecule has 0 saturated heterocycles. The van der Waals surface area contributed by atoms with Gasteiger partial charge in [-0.1, -0.05) is 6.07 Å². The van der Waals surface area contributed by atoms with Gasteiger partial charge in [-0.05, 0) is 6.07 Å². The Hall–Kier alpha value is -2.64. The molecule has 88 valence electrons. The molecule has 0 atom stereocenters. The van der Waals surface area contributed by atoms with E-state index in [-0.39, 0.29) is 16.7 Å². The number of imidazole rings is 1. The summed E-state index contributed by atoms with van der Waals surface area (Å²) < 4.78 is 0.829. The van der Waals surface area contributed by atoms with Gasteiger partial charge in [0.25, 0.3) is 5.69 Å². The average Bonchev–Trinajstić information content (AvgIpc) is 2.54. The fourth-order valence-electron chi connectivity index (χ4n) is 1.63. The molecule has 0 spiro atoms. The van der Waals surface area contributed by atoms with Gasteiger partial charge in [0.2, 0.25) is 0 Å². The van der Waals surface area contributed by atoms with Crippen LogP contribution < -0.4 is 5.69 Å². The first-order valence-corrected chi connectivity index (χ1v) is 4.58. The molecule has 0 unspecified atom stereocenters. The van der Waals surface area contributed by atoms with E-state index in [0.717, 1.165) is 4.57 Å². The zero-order valence-corrected chi connectivity index (χ0v) is 8.41. The summed E-state index contributed by atoms with van der Waals surface area (Å²) in [5.74, 6) is -1.24. The largest absolute Gasteiger partial charge is 0.480 e. The average molecular weight is 237 g/mol. The van der Waals surface area contributed by atoms with Crippen molar-refractivity contribution < 1.29 is 14.8 Å². The van der Waals surface area contributed by atoms with E-state index in [4.69, 9.17) is 5.11 Å². The van der Waals surface area contributed by atoms with Crippen molar-refractivity contribution in [2.75, 3.05) is 0 Å². The predicted molar refractivity (Wildman–Crippen MR) is 56.8 cm³/mol. The molecule has 0 aliphatic rings. The SMILES string of the molecule is O=C(O)Cn1c(=O)[nH]c2cccc([N+](=O)[O-])c21. The number of H-pyrrole nitrogens is 1. The van der Waals surface area contributed by atoms with Gasteiger partial charge in [-0.15, -0.1) is 0 Å². The number of nitrogens with zero attached hydrogens (tertiary/aromatic N) is 2. The van der Waals surface area contributed by atoms with Crippen molar-refractivity contribution in [1.29, 1.82) is 0 Å². The summed E-state index contributed by atoms with van der Waals surface area (Å²) >= 11 is 0. The maximum absolute atomic E-state index is 11.5. The van der Waals surface area contributed by atoms with E-state index in [1.807, 2.05) is 0 Å². The lowest BCUT2D eigenvalue weighted by molar-refractivity contribution is -0.383. The highest BCUT2D eigenvalue weighted by atomic mass is 16.6. The zero-order chi connectivity index (χ0) is 12.6. The Morgan fingerprint density at radius 1 is 1.53 bits per heavy atom. The molecular weight excluding hydrogens is 230 g/mol. The number of carboxylic acid groups (broad SMARTS) is 1. The van der Waals surface area contributed by atoms with Crippen molar-refractivity contribution in [3.63, 3.8) is 0 Å². The van der Waals surface area contributed by atoms with Crippen LogP contribution in [0.3, 0.4) is 0 Å². The maximum atomic E-state index is 11.5. The highest BCUT2D eigenvalue weighted by Crippen LogP contribution is 2.22. The molecule has 0 fully saturated rings. The van der Waals surface area contributed by atoms with Crippen molar-refractivity contribution in [1.82, 2.24) is 9.55 Å².